The first kappa shape index (κ1) is 21.1. The number of ether oxygens (including phenoxy) is 1. The van der Waals surface area contributed by atoms with Gasteiger partial charge >= 0.3 is 0 Å². The van der Waals surface area contributed by atoms with Crippen molar-refractivity contribution in [3.63, 3.8) is 0 Å². The zero-order valence-corrected chi connectivity index (χ0v) is 18.3. The fourth-order valence-corrected chi connectivity index (χ4v) is 3.65. The molecule has 0 spiro atoms. The molecule has 5 aromatic rings. The monoisotopic (exact) mass is 451 g/mol. The van der Waals surface area contributed by atoms with E-state index in [1.807, 2.05) is 60.7 Å². The van der Waals surface area contributed by atoms with Gasteiger partial charge < -0.3 is 15.0 Å². The number of hydrogen-bond donors (Lipinski definition) is 2. The summed E-state index contributed by atoms with van der Waals surface area (Å²) in [5, 5.41) is 7.55. The molecule has 2 heterocycles. The summed E-state index contributed by atoms with van der Waals surface area (Å²) in [5.41, 5.74) is 3.40. The predicted octanol–water partition coefficient (Wildman–Crippen LogP) is 4.18. The van der Waals surface area contributed by atoms with Gasteiger partial charge in [0.2, 0.25) is 0 Å². The van der Waals surface area contributed by atoms with Gasteiger partial charge in [0.1, 0.15) is 11.1 Å². The highest BCUT2D eigenvalue weighted by atomic mass is 16.5. The molecule has 34 heavy (non-hydrogen) atoms. The first-order valence-corrected chi connectivity index (χ1v) is 10.7. The summed E-state index contributed by atoms with van der Waals surface area (Å²) >= 11 is 0. The molecule has 1 amide bonds. The maximum absolute atomic E-state index is 12.9. The van der Waals surface area contributed by atoms with Crippen LogP contribution in [0.1, 0.15) is 6.92 Å². The van der Waals surface area contributed by atoms with Crippen LogP contribution in [0, 0.1) is 0 Å². The fourth-order valence-electron chi connectivity index (χ4n) is 3.65. The van der Waals surface area contributed by atoms with Gasteiger partial charge in [-0.05, 0) is 42.3 Å². The molecule has 8 heteroatoms. The maximum atomic E-state index is 12.9. The van der Waals surface area contributed by atoms with Crippen molar-refractivity contribution in [1.29, 1.82) is 0 Å². The zero-order chi connectivity index (χ0) is 23.5. The van der Waals surface area contributed by atoms with Crippen LogP contribution in [0.25, 0.3) is 27.8 Å². The van der Waals surface area contributed by atoms with Crippen molar-refractivity contribution in [3.8, 4) is 22.6 Å². The normalized spacial score (nSPS) is 11.8. The molecule has 0 aliphatic heterocycles. The molecule has 1 atom stereocenters. The number of carbonyl (C=O) groups is 1. The van der Waals surface area contributed by atoms with Crippen LogP contribution < -0.4 is 15.6 Å². The third-order valence-electron chi connectivity index (χ3n) is 5.40. The second-order valence-corrected chi connectivity index (χ2v) is 7.68. The molecule has 5 rings (SSSR count). The minimum atomic E-state index is -0.744. The van der Waals surface area contributed by atoms with E-state index in [0.29, 0.717) is 28.2 Å². The molecule has 0 bridgehead atoms. The molecular weight excluding hydrogens is 430 g/mol. The minimum absolute atomic E-state index is 0.280. The van der Waals surface area contributed by atoms with E-state index < -0.39 is 6.10 Å². The molecule has 168 valence electrons. The van der Waals surface area contributed by atoms with E-state index >= 15 is 0 Å². The number of H-pyrrole nitrogens is 1. The first-order valence-electron chi connectivity index (χ1n) is 10.7. The van der Waals surface area contributed by atoms with Gasteiger partial charge in [-0.1, -0.05) is 54.6 Å². The van der Waals surface area contributed by atoms with Crippen molar-refractivity contribution >= 4 is 22.6 Å². The van der Waals surface area contributed by atoms with E-state index in [1.54, 1.807) is 25.1 Å². The molecule has 8 nitrogen and oxygen atoms in total. The van der Waals surface area contributed by atoms with E-state index in [2.05, 4.69) is 20.4 Å². The number of rotatable bonds is 6. The van der Waals surface area contributed by atoms with Crippen LogP contribution >= 0.6 is 0 Å². The zero-order valence-electron chi connectivity index (χ0n) is 18.3. The fraction of sp³-hybridized carbons (Fsp3) is 0.0769. The van der Waals surface area contributed by atoms with Crippen molar-refractivity contribution < 1.29 is 9.53 Å². The molecule has 0 saturated carbocycles. The Hall–Kier alpha value is -4.72. The Morgan fingerprint density at radius 3 is 2.47 bits per heavy atom. The van der Waals surface area contributed by atoms with Crippen molar-refractivity contribution in [2.45, 2.75) is 13.0 Å². The number of anilines is 1. The van der Waals surface area contributed by atoms with Crippen molar-refractivity contribution in [2.75, 3.05) is 5.32 Å². The molecule has 0 aliphatic rings. The van der Waals surface area contributed by atoms with Crippen molar-refractivity contribution in [2.24, 2.45) is 0 Å². The van der Waals surface area contributed by atoms with Gasteiger partial charge in [0, 0.05) is 0 Å². The summed E-state index contributed by atoms with van der Waals surface area (Å²) in [5.74, 6) is 0.277. The first-order chi connectivity index (χ1) is 16.6. The Bertz CT molecular complexity index is 1510. The molecule has 2 aromatic heterocycles. The quantitative estimate of drug-likeness (QED) is 0.403. The average Bonchev–Trinajstić information content (AvgIpc) is 3.31. The summed E-state index contributed by atoms with van der Waals surface area (Å²) in [6, 6.07) is 24.8. The van der Waals surface area contributed by atoms with Crippen LogP contribution in [0.5, 0.6) is 5.75 Å². The number of nitrogens with one attached hydrogen (secondary N) is 2. The van der Waals surface area contributed by atoms with E-state index in [-0.39, 0.29) is 11.5 Å². The van der Waals surface area contributed by atoms with Gasteiger partial charge in [0.05, 0.1) is 23.9 Å². The summed E-state index contributed by atoms with van der Waals surface area (Å²) in [7, 11) is 0. The Morgan fingerprint density at radius 2 is 1.68 bits per heavy atom. The lowest BCUT2D eigenvalue weighted by molar-refractivity contribution is -0.122. The van der Waals surface area contributed by atoms with Crippen LogP contribution in [-0.2, 0) is 4.79 Å². The maximum Gasteiger partial charge on any atom is 0.265 e. The molecule has 0 radical (unpaired) electrons. The Kier molecular flexibility index (Phi) is 5.61. The van der Waals surface area contributed by atoms with E-state index in [9.17, 15) is 9.59 Å². The highest BCUT2D eigenvalue weighted by Crippen LogP contribution is 2.24. The number of benzene rings is 3. The standard InChI is InChI=1S/C26H21N5O3/c1-17(34-20-13-11-19(12-14-20)18-7-3-2-4-8-18)25(32)30-22-9-5-6-10-23(22)31-24-21(15-29-31)26(33)28-16-27-24/h2-17H,1H3,(H,30,32)(H,27,28,33). The highest BCUT2D eigenvalue weighted by molar-refractivity contribution is 5.96. The van der Waals surface area contributed by atoms with E-state index in [4.69, 9.17) is 4.74 Å². The number of aromatic amines is 1. The molecule has 3 aromatic carbocycles. The largest absolute Gasteiger partial charge is 0.481 e. The third-order valence-corrected chi connectivity index (χ3v) is 5.40. The van der Waals surface area contributed by atoms with Crippen LogP contribution in [0.15, 0.2) is 96.2 Å². The van der Waals surface area contributed by atoms with Crippen LogP contribution in [0.4, 0.5) is 5.69 Å². The lowest BCUT2D eigenvalue weighted by Gasteiger charge is -2.17. The number of hydrogen-bond acceptors (Lipinski definition) is 5. The topological polar surface area (TPSA) is 102 Å². The van der Waals surface area contributed by atoms with Crippen LogP contribution in [-0.4, -0.2) is 31.8 Å². The second kappa shape index (κ2) is 9.03. The summed E-state index contributed by atoms with van der Waals surface area (Å²) in [4.78, 5) is 31.7. The second-order valence-electron chi connectivity index (χ2n) is 7.68. The molecule has 0 fully saturated rings. The lowest BCUT2D eigenvalue weighted by Crippen LogP contribution is -2.30. The smallest absolute Gasteiger partial charge is 0.265 e. The van der Waals surface area contributed by atoms with Gasteiger partial charge in [-0.3, -0.25) is 9.59 Å². The molecule has 2 N–H and O–H groups in total. The Labute approximate surface area is 194 Å². The Balaban J connectivity index is 1.33. The van der Waals surface area contributed by atoms with Crippen molar-refractivity contribution in [1.82, 2.24) is 19.7 Å². The van der Waals surface area contributed by atoms with Gasteiger partial charge in [-0.2, -0.15) is 5.10 Å². The van der Waals surface area contributed by atoms with Crippen LogP contribution in [0.3, 0.4) is 0 Å². The highest BCUT2D eigenvalue weighted by Gasteiger charge is 2.18. The number of para-hydroxylation sites is 2. The summed E-state index contributed by atoms with van der Waals surface area (Å²) in [6.07, 6.45) is 2.03. The molecule has 0 aliphatic carbocycles. The van der Waals surface area contributed by atoms with Gasteiger partial charge in [-0.15, -0.1) is 0 Å². The summed E-state index contributed by atoms with van der Waals surface area (Å²) in [6.45, 7) is 1.69. The number of carbonyl (C=O) groups excluding carboxylic acids is 1. The molecule has 1 unspecified atom stereocenters. The van der Waals surface area contributed by atoms with Gasteiger partial charge in [0.15, 0.2) is 11.8 Å². The number of nitrogens with zero attached hydrogens (tertiary/aromatic N) is 3. The molecule has 0 saturated heterocycles. The van der Waals surface area contributed by atoms with Gasteiger partial charge in [0.25, 0.3) is 11.5 Å². The average molecular weight is 451 g/mol. The number of amides is 1. The van der Waals surface area contributed by atoms with Crippen molar-refractivity contribution in [3.05, 3.63) is 102 Å². The van der Waals surface area contributed by atoms with E-state index in [0.717, 1.165) is 11.1 Å². The number of aromatic nitrogens is 4. The van der Waals surface area contributed by atoms with Crippen LogP contribution in [0.2, 0.25) is 0 Å². The Morgan fingerprint density at radius 1 is 0.971 bits per heavy atom. The SMILES string of the molecule is CC(Oc1ccc(-c2ccccc2)cc1)C(=O)Nc1ccccc1-n1ncc2c(=O)[nH]cnc21. The minimum Gasteiger partial charge on any atom is -0.481 e. The van der Waals surface area contributed by atoms with E-state index in [1.165, 1.54) is 17.2 Å². The predicted molar refractivity (Wildman–Crippen MR) is 130 cm³/mol. The molecular formula is C26H21N5O3. The number of fused-ring (bicyclic) bond motifs is 1. The summed E-state index contributed by atoms with van der Waals surface area (Å²) < 4.78 is 7.39. The third kappa shape index (κ3) is 4.16. The van der Waals surface area contributed by atoms with Gasteiger partial charge in [-0.25, -0.2) is 9.67 Å². The lowest BCUT2D eigenvalue weighted by atomic mass is 10.1.